The van der Waals surface area contributed by atoms with E-state index in [1.54, 1.807) is 6.92 Å². The minimum Gasteiger partial charge on any atom is -0.324 e. The van der Waals surface area contributed by atoms with Gasteiger partial charge in [-0.25, -0.2) is 9.48 Å². The van der Waals surface area contributed by atoms with Gasteiger partial charge in [-0.1, -0.05) is 48.5 Å². The van der Waals surface area contributed by atoms with Crippen molar-refractivity contribution in [2.75, 3.05) is 5.32 Å². The number of nitrogens with one attached hydrogen (secondary N) is 1. The fourth-order valence-electron chi connectivity index (χ4n) is 2.42. The summed E-state index contributed by atoms with van der Waals surface area (Å²) in [5, 5.41) is 6.94. The van der Waals surface area contributed by atoms with E-state index < -0.39 is 11.7 Å². The molecular weight excluding hydrogens is 316 g/mol. The second kappa shape index (κ2) is 7.09. The highest BCUT2D eigenvalue weighted by molar-refractivity contribution is 5.94. The molecule has 1 aromatic heterocycles. The smallest absolute Gasteiger partial charge is 0.324 e. The Kier molecular flexibility index (Phi) is 4.70. The maximum Gasteiger partial charge on any atom is 0.365 e. The molecule has 0 aliphatic carbocycles. The van der Waals surface area contributed by atoms with Crippen LogP contribution in [0.25, 0.3) is 11.3 Å². The van der Waals surface area contributed by atoms with Crippen LogP contribution in [0, 0.1) is 6.92 Å². The van der Waals surface area contributed by atoms with Crippen LogP contribution in [0.3, 0.4) is 0 Å². The number of benzene rings is 2. The van der Waals surface area contributed by atoms with Crippen LogP contribution in [0.4, 0.5) is 5.69 Å². The topological polar surface area (TPSA) is 76.9 Å². The molecule has 1 heterocycles. The zero-order valence-corrected chi connectivity index (χ0v) is 14.0. The van der Waals surface area contributed by atoms with Crippen LogP contribution < -0.4 is 11.0 Å². The van der Waals surface area contributed by atoms with Crippen molar-refractivity contribution in [1.29, 1.82) is 0 Å². The summed E-state index contributed by atoms with van der Waals surface area (Å²) in [4.78, 5) is 28.8. The second-order valence-electron chi connectivity index (χ2n) is 5.71. The number of amides is 1. The molecule has 1 amide bonds. The Morgan fingerprint density at radius 2 is 1.76 bits per heavy atom. The Bertz CT molecular complexity index is 951. The molecule has 25 heavy (non-hydrogen) atoms. The molecule has 0 aliphatic rings. The van der Waals surface area contributed by atoms with E-state index in [0.29, 0.717) is 11.4 Å². The van der Waals surface area contributed by atoms with Crippen LogP contribution in [0.1, 0.15) is 18.5 Å². The molecule has 6 heteroatoms. The lowest BCUT2D eigenvalue weighted by atomic mass is 10.2. The highest BCUT2D eigenvalue weighted by Gasteiger charge is 2.19. The highest BCUT2D eigenvalue weighted by atomic mass is 16.2. The lowest BCUT2D eigenvalue weighted by Gasteiger charge is -2.15. The Balaban J connectivity index is 1.83. The second-order valence-corrected chi connectivity index (χ2v) is 5.71. The largest absolute Gasteiger partial charge is 0.365 e. The standard InChI is InChI=1S/C19H18N4O2/c1-13-8-6-7-11-16(13)21-18(24)14(2)23-19(25)22-17(12-20-23)15-9-4-3-5-10-15/h3-12,14H,1-2H3,(H,21,24)/t14-/m1/s1. The van der Waals surface area contributed by atoms with Gasteiger partial charge in [-0.15, -0.1) is 0 Å². The average molecular weight is 334 g/mol. The molecule has 0 radical (unpaired) electrons. The van der Waals surface area contributed by atoms with Crippen LogP contribution in [-0.2, 0) is 4.79 Å². The molecule has 2 aromatic carbocycles. The van der Waals surface area contributed by atoms with Crippen LogP contribution in [0.2, 0.25) is 0 Å². The minimum absolute atomic E-state index is 0.321. The van der Waals surface area contributed by atoms with E-state index in [2.05, 4.69) is 15.4 Å². The van der Waals surface area contributed by atoms with E-state index in [-0.39, 0.29) is 5.91 Å². The number of carbonyl (C=O) groups excluding carboxylic acids is 1. The number of hydrogen-bond acceptors (Lipinski definition) is 4. The van der Waals surface area contributed by atoms with E-state index >= 15 is 0 Å². The summed E-state index contributed by atoms with van der Waals surface area (Å²) in [5.41, 5.74) is 2.38. The van der Waals surface area contributed by atoms with Gasteiger partial charge in [0.05, 0.1) is 11.9 Å². The van der Waals surface area contributed by atoms with Gasteiger partial charge < -0.3 is 5.32 Å². The van der Waals surface area contributed by atoms with Crippen LogP contribution >= 0.6 is 0 Å². The summed E-state index contributed by atoms with van der Waals surface area (Å²) in [6, 6.07) is 16.0. The Morgan fingerprint density at radius 1 is 1.08 bits per heavy atom. The Labute approximate surface area is 145 Å². The third-order valence-corrected chi connectivity index (χ3v) is 3.94. The first-order chi connectivity index (χ1) is 12.1. The zero-order chi connectivity index (χ0) is 17.8. The van der Waals surface area contributed by atoms with Gasteiger partial charge in [0, 0.05) is 11.3 Å². The van der Waals surface area contributed by atoms with Crippen LogP contribution in [0.5, 0.6) is 0 Å². The third-order valence-electron chi connectivity index (χ3n) is 3.94. The number of nitrogens with zero attached hydrogens (tertiary/aromatic N) is 3. The molecule has 0 fully saturated rings. The molecule has 1 atom stereocenters. The van der Waals surface area contributed by atoms with Crippen LogP contribution in [0.15, 0.2) is 65.6 Å². The maximum absolute atomic E-state index is 12.4. The first kappa shape index (κ1) is 16.6. The van der Waals surface area contributed by atoms with Gasteiger partial charge in [0.1, 0.15) is 6.04 Å². The third kappa shape index (κ3) is 3.63. The molecule has 0 aliphatic heterocycles. The summed E-state index contributed by atoms with van der Waals surface area (Å²) in [7, 11) is 0. The first-order valence-corrected chi connectivity index (χ1v) is 7.94. The number of anilines is 1. The van der Waals surface area contributed by atoms with Gasteiger partial charge in [-0.2, -0.15) is 10.1 Å². The van der Waals surface area contributed by atoms with Gasteiger partial charge in [0.2, 0.25) is 5.91 Å². The summed E-state index contributed by atoms with van der Waals surface area (Å²) in [5.74, 6) is -0.321. The number of carbonyl (C=O) groups is 1. The molecule has 0 bridgehead atoms. The zero-order valence-electron chi connectivity index (χ0n) is 14.0. The van der Waals surface area contributed by atoms with Gasteiger partial charge in [-0.05, 0) is 25.5 Å². The minimum atomic E-state index is -0.774. The maximum atomic E-state index is 12.4. The summed E-state index contributed by atoms with van der Waals surface area (Å²) in [6.45, 7) is 3.52. The van der Waals surface area contributed by atoms with Crippen molar-refractivity contribution >= 4 is 11.6 Å². The molecular formula is C19H18N4O2. The number of aromatic nitrogens is 3. The van der Waals surface area contributed by atoms with Crippen molar-refractivity contribution in [3.8, 4) is 11.3 Å². The van der Waals surface area contributed by atoms with Crippen LogP contribution in [-0.4, -0.2) is 20.7 Å². The Morgan fingerprint density at radius 3 is 2.44 bits per heavy atom. The molecule has 126 valence electrons. The van der Waals surface area contributed by atoms with E-state index in [1.165, 1.54) is 6.20 Å². The molecule has 0 unspecified atom stereocenters. The number of rotatable bonds is 4. The quantitative estimate of drug-likeness (QED) is 0.796. The van der Waals surface area contributed by atoms with E-state index in [1.807, 2.05) is 61.5 Å². The lowest BCUT2D eigenvalue weighted by Crippen LogP contribution is -2.35. The van der Waals surface area contributed by atoms with Crippen molar-refractivity contribution < 1.29 is 4.79 Å². The van der Waals surface area contributed by atoms with Crippen molar-refractivity contribution in [3.63, 3.8) is 0 Å². The normalized spacial score (nSPS) is 11.8. The summed E-state index contributed by atoms with van der Waals surface area (Å²) < 4.78 is 1.08. The number of aryl methyl sites for hydroxylation is 1. The molecule has 0 spiro atoms. The van der Waals surface area contributed by atoms with Crippen molar-refractivity contribution in [3.05, 3.63) is 76.8 Å². The van der Waals surface area contributed by atoms with Gasteiger partial charge in [0.15, 0.2) is 0 Å². The van der Waals surface area contributed by atoms with E-state index in [4.69, 9.17) is 0 Å². The highest BCUT2D eigenvalue weighted by Crippen LogP contribution is 2.16. The average Bonchev–Trinajstić information content (AvgIpc) is 2.63. The van der Waals surface area contributed by atoms with Gasteiger partial charge >= 0.3 is 5.69 Å². The number of hydrogen-bond donors (Lipinski definition) is 1. The molecule has 1 N–H and O–H groups in total. The van der Waals surface area contributed by atoms with E-state index in [0.717, 1.165) is 15.8 Å². The monoisotopic (exact) mass is 334 g/mol. The molecule has 3 rings (SSSR count). The predicted molar refractivity (Wildman–Crippen MR) is 96.2 cm³/mol. The molecule has 3 aromatic rings. The van der Waals surface area contributed by atoms with Gasteiger partial charge in [-0.3, -0.25) is 4.79 Å². The lowest BCUT2D eigenvalue weighted by molar-refractivity contribution is -0.119. The van der Waals surface area contributed by atoms with Crippen molar-refractivity contribution in [1.82, 2.24) is 14.8 Å². The Hall–Kier alpha value is -3.28. The first-order valence-electron chi connectivity index (χ1n) is 7.94. The molecule has 0 saturated heterocycles. The molecule has 0 saturated carbocycles. The molecule has 6 nitrogen and oxygen atoms in total. The summed E-state index contributed by atoms with van der Waals surface area (Å²) in [6.07, 6.45) is 1.49. The number of para-hydroxylation sites is 1. The summed E-state index contributed by atoms with van der Waals surface area (Å²) >= 11 is 0. The fraction of sp³-hybridized carbons (Fsp3) is 0.158. The van der Waals surface area contributed by atoms with Crippen molar-refractivity contribution in [2.24, 2.45) is 0 Å². The fourth-order valence-corrected chi connectivity index (χ4v) is 2.42. The van der Waals surface area contributed by atoms with E-state index in [9.17, 15) is 9.59 Å². The van der Waals surface area contributed by atoms with Crippen molar-refractivity contribution in [2.45, 2.75) is 19.9 Å². The van der Waals surface area contributed by atoms with Gasteiger partial charge in [0.25, 0.3) is 0 Å². The predicted octanol–water partition coefficient (Wildman–Crippen LogP) is 2.81. The SMILES string of the molecule is Cc1ccccc1NC(=O)[C@@H](C)n1ncc(-c2ccccc2)nc1=O.